The Morgan fingerprint density at radius 1 is 1.32 bits per heavy atom. The molecule has 0 fully saturated rings. The number of fused-ring (bicyclic) bond motifs is 1. The minimum absolute atomic E-state index is 0.0214. The van der Waals surface area contributed by atoms with Gasteiger partial charge in [-0.05, 0) is 30.2 Å². The average molecular weight is 318 g/mol. The summed E-state index contributed by atoms with van der Waals surface area (Å²) in [5, 5.41) is 11.7. The number of nitro benzene ring substituents is 1. The summed E-state index contributed by atoms with van der Waals surface area (Å²) in [5.41, 5.74) is 9.06. The van der Waals surface area contributed by atoms with Gasteiger partial charge in [0.25, 0.3) is 5.69 Å². The second-order valence-corrected chi connectivity index (χ2v) is 5.94. The van der Waals surface area contributed by atoms with E-state index in [1.807, 2.05) is 24.3 Å². The summed E-state index contributed by atoms with van der Waals surface area (Å²) in [7, 11) is 0. The number of hydrogen-bond donors (Lipinski definition) is 1. The molecule has 0 spiro atoms. The Morgan fingerprint density at radius 3 is 2.86 bits per heavy atom. The maximum atomic E-state index is 11.2. The monoisotopic (exact) mass is 317 g/mol. The van der Waals surface area contributed by atoms with Gasteiger partial charge in [-0.25, -0.2) is 0 Å². The van der Waals surface area contributed by atoms with E-state index < -0.39 is 0 Å². The molecule has 0 saturated heterocycles. The zero-order valence-corrected chi connectivity index (χ0v) is 12.7. The van der Waals surface area contributed by atoms with Crippen molar-refractivity contribution >= 4 is 23.0 Å². The van der Waals surface area contributed by atoms with E-state index in [9.17, 15) is 10.1 Å². The summed E-state index contributed by atoms with van der Waals surface area (Å²) in [5.74, 6) is 0. The van der Waals surface area contributed by atoms with Gasteiger partial charge >= 0.3 is 0 Å². The highest BCUT2D eigenvalue weighted by Gasteiger charge is 2.24. The molecule has 3 rings (SSSR count). The van der Waals surface area contributed by atoms with E-state index in [4.69, 9.17) is 17.3 Å². The quantitative estimate of drug-likeness (QED) is 0.697. The third kappa shape index (κ3) is 2.91. The third-order valence-corrected chi connectivity index (χ3v) is 4.10. The Labute approximate surface area is 133 Å². The number of para-hydroxylation sites is 1. The normalized spacial score (nSPS) is 17.2. The third-order valence-electron chi connectivity index (χ3n) is 3.87. The predicted molar refractivity (Wildman–Crippen MR) is 87.3 cm³/mol. The maximum absolute atomic E-state index is 11.2. The molecule has 0 bridgehead atoms. The molecule has 0 aliphatic carbocycles. The first kappa shape index (κ1) is 14.8. The Kier molecular flexibility index (Phi) is 4.00. The van der Waals surface area contributed by atoms with Gasteiger partial charge in [-0.3, -0.25) is 10.1 Å². The van der Waals surface area contributed by atoms with Crippen LogP contribution in [0.3, 0.4) is 0 Å². The fourth-order valence-electron chi connectivity index (χ4n) is 2.93. The fourth-order valence-corrected chi connectivity index (χ4v) is 3.13. The van der Waals surface area contributed by atoms with Gasteiger partial charge in [0.05, 0.1) is 10.5 Å². The lowest BCUT2D eigenvalue weighted by atomic mass is 9.98. The minimum atomic E-state index is -0.374. The van der Waals surface area contributed by atoms with Crippen molar-refractivity contribution in [1.29, 1.82) is 0 Å². The molecular formula is C16H16ClN3O2. The van der Waals surface area contributed by atoms with Gasteiger partial charge in [0, 0.05) is 35.9 Å². The highest BCUT2D eigenvalue weighted by atomic mass is 35.5. The summed E-state index contributed by atoms with van der Waals surface area (Å²) in [6.45, 7) is 1.09. The van der Waals surface area contributed by atoms with E-state index in [-0.39, 0.29) is 16.7 Å². The Morgan fingerprint density at radius 2 is 2.09 bits per heavy atom. The van der Waals surface area contributed by atoms with E-state index in [2.05, 4.69) is 4.90 Å². The van der Waals surface area contributed by atoms with Gasteiger partial charge in [-0.2, -0.15) is 0 Å². The van der Waals surface area contributed by atoms with E-state index >= 15 is 0 Å². The van der Waals surface area contributed by atoms with E-state index in [1.165, 1.54) is 11.6 Å². The second-order valence-electron chi connectivity index (χ2n) is 5.50. The number of halogens is 1. The molecule has 1 heterocycles. The zero-order valence-electron chi connectivity index (χ0n) is 11.9. The highest BCUT2D eigenvalue weighted by molar-refractivity contribution is 6.30. The number of nitro groups is 1. The second kappa shape index (κ2) is 5.94. The van der Waals surface area contributed by atoms with Crippen molar-refractivity contribution in [3.05, 3.63) is 68.7 Å². The SMILES string of the molecule is NC1Cc2ccccc2N(Cc2cc(Cl)ccc2[N+](=O)[O-])C1. The molecule has 1 aliphatic heterocycles. The minimum Gasteiger partial charge on any atom is -0.365 e. The van der Waals surface area contributed by atoms with Crippen LogP contribution in [0.5, 0.6) is 0 Å². The van der Waals surface area contributed by atoms with Crippen molar-refractivity contribution in [2.75, 3.05) is 11.4 Å². The molecule has 1 aliphatic rings. The molecule has 5 nitrogen and oxygen atoms in total. The number of anilines is 1. The van der Waals surface area contributed by atoms with Gasteiger partial charge in [0.1, 0.15) is 0 Å². The zero-order chi connectivity index (χ0) is 15.7. The molecule has 2 aromatic rings. The summed E-state index contributed by atoms with van der Waals surface area (Å²) < 4.78 is 0. The van der Waals surface area contributed by atoms with Crippen LogP contribution in [0.4, 0.5) is 11.4 Å². The van der Waals surface area contributed by atoms with Crippen LogP contribution in [-0.2, 0) is 13.0 Å². The Hall–Kier alpha value is -2.11. The van der Waals surface area contributed by atoms with Crippen molar-refractivity contribution in [3.8, 4) is 0 Å². The number of nitrogens with zero attached hydrogens (tertiary/aromatic N) is 2. The van der Waals surface area contributed by atoms with Crippen LogP contribution in [0.1, 0.15) is 11.1 Å². The Bertz CT molecular complexity index is 720. The summed E-state index contributed by atoms with van der Waals surface area (Å²) in [6.07, 6.45) is 0.824. The van der Waals surface area contributed by atoms with Crippen LogP contribution in [0, 0.1) is 10.1 Å². The molecule has 114 valence electrons. The molecular weight excluding hydrogens is 302 g/mol. The lowest BCUT2D eigenvalue weighted by molar-refractivity contribution is -0.385. The van der Waals surface area contributed by atoms with Crippen molar-refractivity contribution < 1.29 is 4.92 Å². The number of hydrogen-bond acceptors (Lipinski definition) is 4. The van der Waals surface area contributed by atoms with Crippen molar-refractivity contribution in [2.24, 2.45) is 5.73 Å². The number of benzene rings is 2. The first-order chi connectivity index (χ1) is 10.5. The van der Waals surface area contributed by atoms with Crippen molar-refractivity contribution in [2.45, 2.75) is 19.0 Å². The van der Waals surface area contributed by atoms with Crippen LogP contribution in [0.25, 0.3) is 0 Å². The molecule has 22 heavy (non-hydrogen) atoms. The van der Waals surface area contributed by atoms with Crippen LogP contribution < -0.4 is 10.6 Å². The molecule has 2 aromatic carbocycles. The first-order valence-electron chi connectivity index (χ1n) is 7.06. The van der Waals surface area contributed by atoms with Crippen LogP contribution in [0.15, 0.2) is 42.5 Å². The Balaban J connectivity index is 1.97. The summed E-state index contributed by atoms with van der Waals surface area (Å²) in [6, 6.07) is 12.7. The molecule has 1 unspecified atom stereocenters. The fraction of sp³-hybridized carbons (Fsp3) is 0.250. The van der Waals surface area contributed by atoms with Gasteiger partial charge in [0.2, 0.25) is 0 Å². The predicted octanol–water partition coefficient (Wildman–Crippen LogP) is 3.14. The molecule has 6 heteroatoms. The molecule has 0 aromatic heterocycles. The van der Waals surface area contributed by atoms with Crippen LogP contribution in [-0.4, -0.2) is 17.5 Å². The summed E-state index contributed by atoms with van der Waals surface area (Å²) >= 11 is 6.00. The summed E-state index contributed by atoms with van der Waals surface area (Å²) in [4.78, 5) is 12.9. The molecule has 2 N–H and O–H groups in total. The molecule has 0 saturated carbocycles. The molecule has 0 amide bonds. The lowest BCUT2D eigenvalue weighted by Gasteiger charge is -2.34. The lowest BCUT2D eigenvalue weighted by Crippen LogP contribution is -2.42. The van der Waals surface area contributed by atoms with E-state index in [1.54, 1.807) is 12.1 Å². The number of rotatable bonds is 3. The molecule has 0 radical (unpaired) electrons. The first-order valence-corrected chi connectivity index (χ1v) is 7.43. The van der Waals surface area contributed by atoms with E-state index in [0.29, 0.717) is 23.7 Å². The van der Waals surface area contributed by atoms with E-state index in [0.717, 1.165) is 12.1 Å². The standard InChI is InChI=1S/C16H16ClN3O2/c17-13-5-6-16(20(21)22)12(7-13)9-19-10-14(18)8-11-3-1-2-4-15(11)19/h1-7,14H,8-10,18H2. The maximum Gasteiger partial charge on any atom is 0.274 e. The molecule has 1 atom stereocenters. The van der Waals surface area contributed by atoms with Crippen LogP contribution >= 0.6 is 11.6 Å². The topological polar surface area (TPSA) is 72.4 Å². The van der Waals surface area contributed by atoms with Crippen molar-refractivity contribution in [3.63, 3.8) is 0 Å². The van der Waals surface area contributed by atoms with Crippen molar-refractivity contribution in [1.82, 2.24) is 0 Å². The van der Waals surface area contributed by atoms with Crippen LogP contribution in [0.2, 0.25) is 5.02 Å². The number of nitrogens with two attached hydrogens (primary N) is 1. The smallest absolute Gasteiger partial charge is 0.274 e. The van der Waals surface area contributed by atoms with Gasteiger partial charge in [-0.1, -0.05) is 29.8 Å². The van der Waals surface area contributed by atoms with Gasteiger partial charge in [0.15, 0.2) is 0 Å². The average Bonchev–Trinajstić information content (AvgIpc) is 2.46. The highest BCUT2D eigenvalue weighted by Crippen LogP contribution is 2.30. The van der Waals surface area contributed by atoms with Gasteiger partial charge in [-0.15, -0.1) is 0 Å². The largest absolute Gasteiger partial charge is 0.365 e. The van der Waals surface area contributed by atoms with Gasteiger partial charge < -0.3 is 10.6 Å².